The van der Waals surface area contributed by atoms with Crippen molar-refractivity contribution in [1.29, 1.82) is 0 Å². The molecule has 4 rings (SSSR count). The Morgan fingerprint density at radius 1 is 1.12 bits per heavy atom. The Hall–Kier alpha value is -2.82. The van der Waals surface area contributed by atoms with Crippen LogP contribution < -0.4 is 10.1 Å². The van der Waals surface area contributed by atoms with Gasteiger partial charge in [0.2, 0.25) is 0 Å². The average Bonchev–Trinajstić information content (AvgIpc) is 3.14. The van der Waals surface area contributed by atoms with Crippen LogP contribution in [0.4, 0.5) is 0 Å². The normalized spacial score (nSPS) is 21.0. The van der Waals surface area contributed by atoms with E-state index in [4.69, 9.17) is 4.74 Å². The predicted octanol–water partition coefficient (Wildman–Crippen LogP) is 2.07. The molecule has 2 aliphatic rings. The highest BCUT2D eigenvalue weighted by Crippen LogP contribution is 2.38. The van der Waals surface area contributed by atoms with Crippen LogP contribution in [0, 0.1) is 0 Å². The minimum atomic E-state index is -0.670. The van der Waals surface area contributed by atoms with Crippen molar-refractivity contribution in [3.63, 3.8) is 0 Å². The smallest absolute Gasteiger partial charge is 0.328 e. The fourth-order valence-corrected chi connectivity index (χ4v) is 3.40. The first-order valence-corrected chi connectivity index (χ1v) is 7.92. The molecule has 0 radical (unpaired) electrons. The second kappa shape index (κ2) is 5.67. The van der Waals surface area contributed by atoms with Crippen molar-refractivity contribution >= 4 is 11.9 Å². The van der Waals surface area contributed by atoms with E-state index in [9.17, 15) is 9.59 Å². The molecule has 5 heteroatoms. The van der Waals surface area contributed by atoms with Gasteiger partial charge in [-0.05, 0) is 40.8 Å². The molecule has 1 N–H and O–H groups in total. The number of hydrogen-bond donors (Lipinski definition) is 1. The van der Waals surface area contributed by atoms with E-state index in [0.717, 1.165) is 6.42 Å². The van der Waals surface area contributed by atoms with E-state index in [1.54, 1.807) is 0 Å². The maximum atomic E-state index is 12.0. The molecule has 2 atom stereocenters. The van der Waals surface area contributed by atoms with Crippen LogP contribution in [-0.2, 0) is 20.7 Å². The van der Waals surface area contributed by atoms with E-state index in [1.165, 1.54) is 29.4 Å². The van der Waals surface area contributed by atoms with Crippen LogP contribution in [0.3, 0.4) is 0 Å². The standard InChI is InChI=1S/C19H17NO4/c1-23-19(22)16-10-17(18(21)20-16)24-13-6-7-15-12(9-13)8-11-4-2-3-5-14(11)15/h2-7,9,16-17H,8,10H2,1H3,(H,20,21). The Bertz CT molecular complexity index is 830. The highest BCUT2D eigenvalue weighted by molar-refractivity contribution is 5.91. The Morgan fingerprint density at radius 3 is 2.75 bits per heavy atom. The van der Waals surface area contributed by atoms with Crippen molar-refractivity contribution in [2.45, 2.75) is 25.0 Å². The van der Waals surface area contributed by atoms with Gasteiger partial charge < -0.3 is 14.8 Å². The second-order valence-corrected chi connectivity index (χ2v) is 6.08. The SMILES string of the molecule is COC(=O)C1CC(Oc2ccc3c(c2)Cc2ccccc2-3)C(=O)N1. The molecule has 24 heavy (non-hydrogen) atoms. The van der Waals surface area contributed by atoms with Crippen LogP contribution in [0.1, 0.15) is 17.5 Å². The van der Waals surface area contributed by atoms with Gasteiger partial charge in [-0.1, -0.05) is 30.3 Å². The molecule has 1 heterocycles. The van der Waals surface area contributed by atoms with Crippen molar-refractivity contribution in [3.8, 4) is 16.9 Å². The quantitative estimate of drug-likeness (QED) is 0.750. The van der Waals surface area contributed by atoms with Gasteiger partial charge in [-0.15, -0.1) is 0 Å². The van der Waals surface area contributed by atoms with E-state index in [-0.39, 0.29) is 12.3 Å². The van der Waals surface area contributed by atoms with Gasteiger partial charge >= 0.3 is 5.97 Å². The molecular weight excluding hydrogens is 306 g/mol. The lowest BCUT2D eigenvalue weighted by atomic mass is 10.1. The summed E-state index contributed by atoms with van der Waals surface area (Å²) in [4.78, 5) is 23.5. The monoisotopic (exact) mass is 323 g/mol. The molecule has 2 aromatic carbocycles. The molecule has 1 aliphatic heterocycles. The summed E-state index contributed by atoms with van der Waals surface area (Å²) < 4.78 is 10.5. The number of esters is 1. The van der Waals surface area contributed by atoms with Gasteiger partial charge in [0.15, 0.2) is 6.10 Å². The molecule has 0 saturated carbocycles. The van der Waals surface area contributed by atoms with Crippen LogP contribution in [0.2, 0.25) is 0 Å². The first-order valence-electron chi connectivity index (χ1n) is 7.92. The molecule has 0 spiro atoms. The Morgan fingerprint density at radius 2 is 1.92 bits per heavy atom. The predicted molar refractivity (Wildman–Crippen MR) is 87.7 cm³/mol. The van der Waals surface area contributed by atoms with Crippen molar-refractivity contribution in [2.75, 3.05) is 7.11 Å². The molecule has 0 aromatic heterocycles. The molecule has 0 bridgehead atoms. The molecule has 1 aliphatic carbocycles. The summed E-state index contributed by atoms with van der Waals surface area (Å²) in [5.41, 5.74) is 4.95. The van der Waals surface area contributed by atoms with Gasteiger partial charge in [-0.2, -0.15) is 0 Å². The number of methoxy groups -OCH3 is 1. The minimum Gasteiger partial charge on any atom is -0.481 e. The van der Waals surface area contributed by atoms with Gasteiger partial charge in [0.05, 0.1) is 7.11 Å². The van der Waals surface area contributed by atoms with E-state index in [1.807, 2.05) is 30.3 Å². The third-order valence-electron chi connectivity index (χ3n) is 4.59. The fraction of sp³-hybridized carbons (Fsp3) is 0.263. The second-order valence-electron chi connectivity index (χ2n) is 6.08. The number of rotatable bonds is 3. The van der Waals surface area contributed by atoms with Gasteiger partial charge in [0.1, 0.15) is 11.8 Å². The largest absolute Gasteiger partial charge is 0.481 e. The molecule has 122 valence electrons. The number of hydrogen-bond acceptors (Lipinski definition) is 4. The zero-order valence-corrected chi connectivity index (χ0v) is 13.2. The van der Waals surface area contributed by atoms with Crippen LogP contribution in [0.5, 0.6) is 5.75 Å². The van der Waals surface area contributed by atoms with Crippen LogP contribution in [-0.4, -0.2) is 31.1 Å². The minimum absolute atomic E-state index is 0.281. The molecule has 1 amide bonds. The molecule has 2 unspecified atom stereocenters. The molecular formula is C19H17NO4. The number of carbonyl (C=O) groups is 2. The fourth-order valence-electron chi connectivity index (χ4n) is 3.40. The number of nitrogens with one attached hydrogen (secondary N) is 1. The van der Waals surface area contributed by atoms with Crippen molar-refractivity contribution in [2.24, 2.45) is 0 Å². The van der Waals surface area contributed by atoms with E-state index >= 15 is 0 Å². The highest BCUT2D eigenvalue weighted by atomic mass is 16.5. The van der Waals surface area contributed by atoms with Gasteiger partial charge in [0, 0.05) is 6.42 Å². The summed E-state index contributed by atoms with van der Waals surface area (Å²) in [6.45, 7) is 0. The summed E-state index contributed by atoms with van der Waals surface area (Å²) >= 11 is 0. The summed E-state index contributed by atoms with van der Waals surface area (Å²) in [5, 5.41) is 2.60. The number of fused-ring (bicyclic) bond motifs is 3. The van der Waals surface area contributed by atoms with Crippen molar-refractivity contribution in [3.05, 3.63) is 53.6 Å². The Kier molecular flexibility index (Phi) is 3.49. The molecule has 1 saturated heterocycles. The van der Waals surface area contributed by atoms with Crippen LogP contribution in [0.15, 0.2) is 42.5 Å². The summed E-state index contributed by atoms with van der Waals surface area (Å²) in [6.07, 6.45) is 0.476. The van der Waals surface area contributed by atoms with E-state index in [0.29, 0.717) is 5.75 Å². The van der Waals surface area contributed by atoms with Gasteiger partial charge in [-0.3, -0.25) is 4.79 Å². The lowest BCUT2D eigenvalue weighted by Gasteiger charge is -2.12. The zero-order chi connectivity index (χ0) is 16.7. The summed E-state index contributed by atoms with van der Waals surface area (Å²) in [7, 11) is 1.31. The maximum Gasteiger partial charge on any atom is 0.328 e. The highest BCUT2D eigenvalue weighted by Gasteiger charge is 2.38. The Balaban J connectivity index is 1.52. The number of ether oxygens (including phenoxy) is 2. The number of amides is 1. The first-order chi connectivity index (χ1) is 11.7. The average molecular weight is 323 g/mol. The third-order valence-corrected chi connectivity index (χ3v) is 4.59. The van der Waals surface area contributed by atoms with Crippen LogP contribution in [0.25, 0.3) is 11.1 Å². The van der Waals surface area contributed by atoms with Gasteiger partial charge in [-0.25, -0.2) is 4.79 Å². The van der Waals surface area contributed by atoms with Crippen molar-refractivity contribution < 1.29 is 19.1 Å². The van der Waals surface area contributed by atoms with E-state index < -0.39 is 18.1 Å². The lowest BCUT2D eigenvalue weighted by Crippen LogP contribution is -2.34. The van der Waals surface area contributed by atoms with Crippen LogP contribution >= 0.6 is 0 Å². The first kappa shape index (κ1) is 14.8. The maximum absolute atomic E-state index is 12.0. The summed E-state index contributed by atoms with van der Waals surface area (Å²) in [5.74, 6) is -0.0831. The number of carbonyl (C=O) groups excluding carboxylic acids is 2. The van der Waals surface area contributed by atoms with Gasteiger partial charge in [0.25, 0.3) is 5.91 Å². The summed E-state index contributed by atoms with van der Waals surface area (Å²) in [6, 6.07) is 13.6. The molecule has 1 fully saturated rings. The Labute approximate surface area is 139 Å². The molecule has 5 nitrogen and oxygen atoms in total. The zero-order valence-electron chi connectivity index (χ0n) is 13.2. The topological polar surface area (TPSA) is 64.6 Å². The van der Waals surface area contributed by atoms with Crippen molar-refractivity contribution in [1.82, 2.24) is 5.32 Å². The lowest BCUT2D eigenvalue weighted by molar-refractivity contribution is -0.143. The van der Waals surface area contributed by atoms with E-state index in [2.05, 4.69) is 22.2 Å². The third kappa shape index (κ3) is 2.42. The molecule has 2 aromatic rings. The number of benzene rings is 2.